The van der Waals surface area contributed by atoms with E-state index in [1.54, 1.807) is 12.1 Å². The van der Waals surface area contributed by atoms with Crippen molar-refractivity contribution in [2.75, 3.05) is 0 Å². The van der Waals surface area contributed by atoms with Gasteiger partial charge in [-0.2, -0.15) is 0 Å². The molecule has 0 saturated heterocycles. The van der Waals surface area contributed by atoms with E-state index >= 15 is 0 Å². The van der Waals surface area contributed by atoms with Gasteiger partial charge in [0.15, 0.2) is 0 Å². The second kappa shape index (κ2) is 5.58. The van der Waals surface area contributed by atoms with Crippen LogP contribution in [0.15, 0.2) is 24.3 Å². The van der Waals surface area contributed by atoms with E-state index in [9.17, 15) is 9.90 Å². The first kappa shape index (κ1) is 12.5. The van der Waals surface area contributed by atoms with E-state index < -0.39 is 5.97 Å². The quantitative estimate of drug-likeness (QED) is 0.687. The Labute approximate surface area is 105 Å². The third kappa shape index (κ3) is 3.26. The summed E-state index contributed by atoms with van der Waals surface area (Å²) in [5.74, 6) is -0.453. The molecule has 0 atom stereocenters. The first-order valence-electron chi connectivity index (χ1n) is 6.17. The molecule has 0 spiro atoms. The van der Waals surface area contributed by atoms with Gasteiger partial charge in [-0.05, 0) is 43.5 Å². The van der Waals surface area contributed by atoms with Crippen molar-refractivity contribution in [1.82, 2.24) is 4.98 Å². The molecule has 0 fully saturated rings. The van der Waals surface area contributed by atoms with E-state index in [-0.39, 0.29) is 12.2 Å². The van der Waals surface area contributed by atoms with Crippen LogP contribution in [0.1, 0.15) is 31.4 Å². The Hall–Kier alpha value is -1.97. The number of carboxylic acids is 1. The monoisotopic (exact) mass is 247 g/mol. The number of aromatic amines is 1. The highest BCUT2D eigenvalue weighted by Crippen LogP contribution is 2.21. The van der Waals surface area contributed by atoms with Gasteiger partial charge in [-0.25, -0.2) is 0 Å². The molecule has 2 rings (SSSR count). The third-order valence-corrected chi connectivity index (χ3v) is 3.00. The summed E-state index contributed by atoms with van der Waals surface area (Å²) in [7, 11) is 0. The molecule has 1 heterocycles. The van der Waals surface area contributed by atoms with Gasteiger partial charge in [-0.3, -0.25) is 4.79 Å². The van der Waals surface area contributed by atoms with Crippen LogP contribution in [0.5, 0.6) is 5.75 Å². The highest BCUT2D eigenvalue weighted by Gasteiger charge is 2.02. The van der Waals surface area contributed by atoms with Crippen molar-refractivity contribution in [3.05, 3.63) is 30.0 Å². The van der Waals surface area contributed by atoms with E-state index in [4.69, 9.17) is 5.11 Å². The number of hydrogen-bond donors (Lipinski definition) is 3. The molecule has 2 aromatic rings. The van der Waals surface area contributed by atoms with Crippen molar-refractivity contribution >= 4 is 16.9 Å². The van der Waals surface area contributed by atoms with E-state index in [1.165, 1.54) is 0 Å². The fraction of sp³-hybridized carbons (Fsp3) is 0.357. The summed E-state index contributed by atoms with van der Waals surface area (Å²) in [6.07, 6.45) is 3.80. The topological polar surface area (TPSA) is 73.3 Å². The molecule has 18 heavy (non-hydrogen) atoms. The highest BCUT2D eigenvalue weighted by molar-refractivity contribution is 5.81. The van der Waals surface area contributed by atoms with E-state index in [0.717, 1.165) is 42.3 Å². The van der Waals surface area contributed by atoms with Gasteiger partial charge in [0.05, 0.1) is 0 Å². The highest BCUT2D eigenvalue weighted by atomic mass is 16.4. The molecule has 4 nitrogen and oxygen atoms in total. The number of aliphatic carboxylic acids is 1. The molecule has 0 bridgehead atoms. The zero-order valence-corrected chi connectivity index (χ0v) is 10.1. The summed E-state index contributed by atoms with van der Waals surface area (Å²) in [6.45, 7) is 0. The summed E-state index contributed by atoms with van der Waals surface area (Å²) in [5, 5.41) is 18.9. The van der Waals surface area contributed by atoms with Crippen LogP contribution in [0.2, 0.25) is 0 Å². The van der Waals surface area contributed by atoms with Gasteiger partial charge in [-0.15, -0.1) is 0 Å². The number of hydrogen-bond acceptors (Lipinski definition) is 2. The maximum atomic E-state index is 10.4. The fourth-order valence-corrected chi connectivity index (χ4v) is 2.08. The first-order valence-corrected chi connectivity index (χ1v) is 6.17. The number of phenols is 1. The van der Waals surface area contributed by atoms with Crippen LogP contribution in [0.25, 0.3) is 10.9 Å². The largest absolute Gasteiger partial charge is 0.508 e. The summed E-state index contributed by atoms with van der Waals surface area (Å²) >= 11 is 0. The van der Waals surface area contributed by atoms with E-state index in [0.29, 0.717) is 0 Å². The van der Waals surface area contributed by atoms with Gasteiger partial charge in [0, 0.05) is 23.0 Å². The molecule has 0 unspecified atom stereocenters. The minimum Gasteiger partial charge on any atom is -0.508 e. The Bertz CT molecular complexity index is 545. The number of aryl methyl sites for hydroxylation is 1. The van der Waals surface area contributed by atoms with Crippen LogP contribution in [0.3, 0.4) is 0 Å². The van der Waals surface area contributed by atoms with Crippen molar-refractivity contribution in [2.24, 2.45) is 0 Å². The first-order chi connectivity index (χ1) is 8.65. The number of aromatic nitrogens is 1. The van der Waals surface area contributed by atoms with Crippen molar-refractivity contribution in [1.29, 1.82) is 0 Å². The number of H-pyrrole nitrogens is 1. The maximum absolute atomic E-state index is 10.4. The van der Waals surface area contributed by atoms with E-state index in [1.807, 2.05) is 12.1 Å². The second-order valence-corrected chi connectivity index (χ2v) is 4.52. The average Bonchev–Trinajstić information content (AvgIpc) is 2.70. The Balaban J connectivity index is 1.86. The number of nitrogens with one attached hydrogen (secondary N) is 1. The Kier molecular flexibility index (Phi) is 3.87. The van der Waals surface area contributed by atoms with Gasteiger partial charge in [0.1, 0.15) is 5.75 Å². The number of rotatable bonds is 6. The third-order valence-electron chi connectivity index (χ3n) is 3.00. The van der Waals surface area contributed by atoms with Gasteiger partial charge in [0.2, 0.25) is 0 Å². The number of unbranched alkanes of at least 4 members (excludes halogenated alkanes) is 2. The molecule has 0 saturated carbocycles. The van der Waals surface area contributed by atoms with Crippen LogP contribution in [0.4, 0.5) is 0 Å². The minimum atomic E-state index is -0.726. The van der Waals surface area contributed by atoms with Crippen LogP contribution >= 0.6 is 0 Å². The molecule has 0 radical (unpaired) electrons. The Morgan fingerprint density at radius 2 is 2.00 bits per heavy atom. The predicted molar refractivity (Wildman–Crippen MR) is 69.8 cm³/mol. The predicted octanol–water partition coefficient (Wildman–Crippen LogP) is 3.06. The molecule has 1 aromatic heterocycles. The lowest BCUT2D eigenvalue weighted by Gasteiger charge is -1.97. The molecule has 3 N–H and O–H groups in total. The zero-order chi connectivity index (χ0) is 13.0. The molecule has 1 aromatic carbocycles. The summed E-state index contributed by atoms with van der Waals surface area (Å²) < 4.78 is 0. The molecule has 0 aliphatic carbocycles. The molecule has 0 amide bonds. The summed E-state index contributed by atoms with van der Waals surface area (Å²) in [6, 6.07) is 7.29. The van der Waals surface area contributed by atoms with Gasteiger partial charge in [0.25, 0.3) is 0 Å². The summed E-state index contributed by atoms with van der Waals surface area (Å²) in [4.78, 5) is 13.6. The van der Waals surface area contributed by atoms with Crippen LogP contribution in [0, 0.1) is 0 Å². The number of fused-ring (bicyclic) bond motifs is 1. The van der Waals surface area contributed by atoms with Crippen LogP contribution in [-0.4, -0.2) is 21.2 Å². The fourth-order valence-electron chi connectivity index (χ4n) is 2.08. The lowest BCUT2D eigenvalue weighted by Crippen LogP contribution is -1.94. The van der Waals surface area contributed by atoms with Gasteiger partial charge in [-0.1, -0.05) is 6.42 Å². The number of carboxylic acid groups (broad SMARTS) is 1. The van der Waals surface area contributed by atoms with Crippen molar-refractivity contribution in [3.63, 3.8) is 0 Å². The number of benzene rings is 1. The SMILES string of the molecule is O=C(O)CCCCCc1cc2cc(O)ccc2[nH]1. The molecular formula is C14H17NO3. The Morgan fingerprint density at radius 1 is 1.17 bits per heavy atom. The zero-order valence-electron chi connectivity index (χ0n) is 10.1. The van der Waals surface area contributed by atoms with Crippen molar-refractivity contribution in [3.8, 4) is 5.75 Å². The standard InChI is InChI=1S/C14H17NO3/c16-12-6-7-13-10(9-12)8-11(15-13)4-2-1-3-5-14(17)18/h6-9,15-16H,1-5H2,(H,17,18). The van der Waals surface area contributed by atoms with Gasteiger partial charge < -0.3 is 15.2 Å². The second-order valence-electron chi connectivity index (χ2n) is 4.52. The lowest BCUT2D eigenvalue weighted by molar-refractivity contribution is -0.137. The lowest BCUT2D eigenvalue weighted by atomic mass is 10.1. The minimum absolute atomic E-state index is 0.251. The normalized spacial score (nSPS) is 10.9. The molecular weight excluding hydrogens is 230 g/mol. The van der Waals surface area contributed by atoms with Crippen LogP contribution < -0.4 is 0 Å². The number of phenolic OH excluding ortho intramolecular Hbond substituents is 1. The molecule has 4 heteroatoms. The smallest absolute Gasteiger partial charge is 0.303 e. The van der Waals surface area contributed by atoms with Gasteiger partial charge >= 0.3 is 5.97 Å². The van der Waals surface area contributed by atoms with Crippen LogP contribution in [-0.2, 0) is 11.2 Å². The Morgan fingerprint density at radius 3 is 2.78 bits per heavy atom. The number of aromatic hydroxyl groups is 1. The molecule has 0 aliphatic rings. The van der Waals surface area contributed by atoms with E-state index in [2.05, 4.69) is 4.98 Å². The summed E-state index contributed by atoms with van der Waals surface area (Å²) in [5.41, 5.74) is 2.15. The average molecular weight is 247 g/mol. The molecule has 96 valence electrons. The molecule has 0 aliphatic heterocycles. The maximum Gasteiger partial charge on any atom is 0.303 e. The number of carbonyl (C=O) groups is 1. The van der Waals surface area contributed by atoms with Crippen molar-refractivity contribution in [2.45, 2.75) is 32.1 Å². The van der Waals surface area contributed by atoms with Crippen molar-refractivity contribution < 1.29 is 15.0 Å².